The average Bonchev–Trinajstić information content (AvgIpc) is 2.53. The summed E-state index contributed by atoms with van der Waals surface area (Å²) in [6.07, 6.45) is 0. The summed E-state index contributed by atoms with van der Waals surface area (Å²) in [6.45, 7) is 8.75. The third-order valence-electron chi connectivity index (χ3n) is 4.00. The monoisotopic (exact) mass is 291 g/mol. The molecule has 0 saturated carbocycles. The Hall–Kier alpha value is -1.43. The van der Waals surface area contributed by atoms with E-state index in [-0.39, 0.29) is 11.4 Å². The van der Waals surface area contributed by atoms with Crippen molar-refractivity contribution in [1.29, 1.82) is 0 Å². The number of carbonyl (C=O) groups excluding carboxylic acids is 1. The Morgan fingerprint density at radius 1 is 1.29 bits per heavy atom. The summed E-state index contributed by atoms with van der Waals surface area (Å²) in [4.78, 5) is 14.5. The SMILES string of the molecule is CC(C)(CNC(=O)c1ccc(CN)cc1)N1CCOCC1. The summed E-state index contributed by atoms with van der Waals surface area (Å²) in [6, 6.07) is 7.42. The maximum absolute atomic E-state index is 12.2. The van der Waals surface area contributed by atoms with Crippen LogP contribution in [0.15, 0.2) is 24.3 Å². The zero-order valence-corrected chi connectivity index (χ0v) is 12.9. The molecular weight excluding hydrogens is 266 g/mol. The largest absolute Gasteiger partial charge is 0.379 e. The first kappa shape index (κ1) is 15.9. The molecule has 0 aromatic heterocycles. The Morgan fingerprint density at radius 3 is 2.48 bits per heavy atom. The molecule has 3 N–H and O–H groups in total. The number of nitrogens with one attached hydrogen (secondary N) is 1. The topological polar surface area (TPSA) is 67.6 Å². The summed E-state index contributed by atoms with van der Waals surface area (Å²) < 4.78 is 5.37. The van der Waals surface area contributed by atoms with Crippen LogP contribution in [0, 0.1) is 0 Å². The Morgan fingerprint density at radius 2 is 1.90 bits per heavy atom. The van der Waals surface area contributed by atoms with Crippen molar-refractivity contribution >= 4 is 5.91 Å². The molecule has 5 heteroatoms. The van der Waals surface area contributed by atoms with Gasteiger partial charge in [0.15, 0.2) is 0 Å². The summed E-state index contributed by atoms with van der Waals surface area (Å²) in [7, 11) is 0. The second kappa shape index (κ2) is 7.02. The number of morpholine rings is 1. The third-order valence-corrected chi connectivity index (χ3v) is 4.00. The van der Waals surface area contributed by atoms with Crippen LogP contribution in [0.25, 0.3) is 0 Å². The predicted octanol–water partition coefficient (Wildman–Crippen LogP) is 0.986. The van der Waals surface area contributed by atoms with Crippen molar-refractivity contribution in [2.24, 2.45) is 5.73 Å². The molecule has 1 fully saturated rings. The first-order chi connectivity index (χ1) is 10.0. The highest BCUT2D eigenvalue weighted by molar-refractivity contribution is 5.94. The van der Waals surface area contributed by atoms with Crippen molar-refractivity contribution in [3.05, 3.63) is 35.4 Å². The fourth-order valence-electron chi connectivity index (χ4n) is 2.47. The first-order valence-electron chi connectivity index (χ1n) is 7.43. The second-order valence-corrected chi connectivity index (χ2v) is 6.00. The molecule has 21 heavy (non-hydrogen) atoms. The molecule has 1 aliphatic heterocycles. The number of carbonyl (C=O) groups is 1. The minimum absolute atomic E-state index is 0.0418. The lowest BCUT2D eigenvalue weighted by Crippen LogP contribution is -2.55. The number of nitrogens with zero attached hydrogens (tertiary/aromatic N) is 1. The molecule has 5 nitrogen and oxygen atoms in total. The standard InChI is InChI=1S/C16H25N3O2/c1-16(2,19-7-9-21-10-8-19)12-18-15(20)14-5-3-13(11-17)4-6-14/h3-6H,7-12,17H2,1-2H3,(H,18,20). The zero-order chi connectivity index (χ0) is 15.3. The van der Waals surface area contributed by atoms with E-state index in [0.717, 1.165) is 31.9 Å². The van der Waals surface area contributed by atoms with E-state index < -0.39 is 0 Å². The van der Waals surface area contributed by atoms with Crippen LogP contribution in [-0.4, -0.2) is 49.2 Å². The molecular formula is C16H25N3O2. The number of rotatable bonds is 5. The van der Waals surface area contributed by atoms with E-state index in [9.17, 15) is 4.79 Å². The molecule has 1 aliphatic rings. The van der Waals surface area contributed by atoms with Gasteiger partial charge in [0.1, 0.15) is 0 Å². The maximum Gasteiger partial charge on any atom is 0.251 e. The number of hydrogen-bond donors (Lipinski definition) is 2. The third kappa shape index (κ3) is 4.27. The van der Waals surface area contributed by atoms with Gasteiger partial charge in [-0.15, -0.1) is 0 Å². The molecule has 0 radical (unpaired) electrons. The quantitative estimate of drug-likeness (QED) is 0.849. The molecule has 1 heterocycles. The van der Waals surface area contributed by atoms with E-state index in [1.165, 1.54) is 0 Å². The van der Waals surface area contributed by atoms with Crippen molar-refractivity contribution in [2.75, 3.05) is 32.8 Å². The Bertz CT molecular complexity index is 465. The Kier molecular flexibility index (Phi) is 5.33. The van der Waals surface area contributed by atoms with Gasteiger partial charge in [-0.05, 0) is 31.5 Å². The van der Waals surface area contributed by atoms with E-state index in [0.29, 0.717) is 18.7 Å². The van der Waals surface area contributed by atoms with Gasteiger partial charge in [0, 0.05) is 37.3 Å². The fraction of sp³-hybridized carbons (Fsp3) is 0.562. The highest BCUT2D eigenvalue weighted by Gasteiger charge is 2.28. The zero-order valence-electron chi connectivity index (χ0n) is 12.9. The lowest BCUT2D eigenvalue weighted by molar-refractivity contribution is -0.00923. The molecule has 2 rings (SSSR count). The van der Waals surface area contributed by atoms with Gasteiger partial charge < -0.3 is 15.8 Å². The van der Waals surface area contributed by atoms with Crippen molar-refractivity contribution in [2.45, 2.75) is 25.9 Å². The molecule has 0 spiro atoms. The van der Waals surface area contributed by atoms with Crippen LogP contribution in [0.4, 0.5) is 0 Å². The van der Waals surface area contributed by atoms with Crippen molar-refractivity contribution < 1.29 is 9.53 Å². The van der Waals surface area contributed by atoms with Crippen molar-refractivity contribution in [3.63, 3.8) is 0 Å². The predicted molar refractivity (Wildman–Crippen MR) is 83.1 cm³/mol. The van der Waals surface area contributed by atoms with Crippen LogP contribution in [0.3, 0.4) is 0 Å². The van der Waals surface area contributed by atoms with E-state index in [4.69, 9.17) is 10.5 Å². The number of benzene rings is 1. The minimum Gasteiger partial charge on any atom is -0.379 e. The molecule has 1 saturated heterocycles. The highest BCUT2D eigenvalue weighted by atomic mass is 16.5. The fourth-order valence-corrected chi connectivity index (χ4v) is 2.47. The molecule has 1 aromatic carbocycles. The Balaban J connectivity index is 1.89. The average molecular weight is 291 g/mol. The van der Waals surface area contributed by atoms with E-state index in [2.05, 4.69) is 24.1 Å². The lowest BCUT2D eigenvalue weighted by Gasteiger charge is -2.40. The van der Waals surface area contributed by atoms with Crippen molar-refractivity contribution in [3.8, 4) is 0 Å². The van der Waals surface area contributed by atoms with Gasteiger partial charge in [0.05, 0.1) is 13.2 Å². The number of amides is 1. The van der Waals surface area contributed by atoms with Crippen LogP contribution < -0.4 is 11.1 Å². The molecule has 1 aromatic rings. The smallest absolute Gasteiger partial charge is 0.251 e. The van der Waals surface area contributed by atoms with Gasteiger partial charge in [-0.25, -0.2) is 0 Å². The molecule has 0 aliphatic carbocycles. The molecule has 1 amide bonds. The van der Waals surface area contributed by atoms with E-state index in [1.807, 2.05) is 24.3 Å². The summed E-state index contributed by atoms with van der Waals surface area (Å²) in [5, 5.41) is 3.02. The summed E-state index contributed by atoms with van der Waals surface area (Å²) in [5.74, 6) is -0.0418. The van der Waals surface area contributed by atoms with Crippen LogP contribution in [0.5, 0.6) is 0 Å². The highest BCUT2D eigenvalue weighted by Crippen LogP contribution is 2.15. The van der Waals surface area contributed by atoms with Gasteiger partial charge >= 0.3 is 0 Å². The molecule has 116 valence electrons. The van der Waals surface area contributed by atoms with Crippen LogP contribution >= 0.6 is 0 Å². The normalized spacial score (nSPS) is 16.7. The minimum atomic E-state index is -0.0728. The van der Waals surface area contributed by atoms with Crippen LogP contribution in [0.2, 0.25) is 0 Å². The number of ether oxygens (including phenoxy) is 1. The summed E-state index contributed by atoms with van der Waals surface area (Å²) in [5.41, 5.74) is 7.18. The first-order valence-corrected chi connectivity index (χ1v) is 7.43. The molecule has 0 unspecified atom stereocenters. The van der Waals surface area contributed by atoms with Crippen molar-refractivity contribution in [1.82, 2.24) is 10.2 Å². The van der Waals surface area contributed by atoms with E-state index >= 15 is 0 Å². The summed E-state index contributed by atoms with van der Waals surface area (Å²) >= 11 is 0. The maximum atomic E-state index is 12.2. The number of hydrogen-bond acceptors (Lipinski definition) is 4. The van der Waals surface area contributed by atoms with E-state index in [1.54, 1.807) is 0 Å². The van der Waals surface area contributed by atoms with Gasteiger partial charge in [0.2, 0.25) is 0 Å². The van der Waals surface area contributed by atoms with Gasteiger partial charge in [-0.1, -0.05) is 12.1 Å². The number of nitrogens with two attached hydrogens (primary N) is 1. The Labute approximate surface area is 126 Å². The second-order valence-electron chi connectivity index (χ2n) is 6.00. The molecule has 0 atom stereocenters. The van der Waals surface area contributed by atoms with Crippen LogP contribution in [0.1, 0.15) is 29.8 Å². The van der Waals surface area contributed by atoms with Gasteiger partial charge in [-0.2, -0.15) is 0 Å². The van der Waals surface area contributed by atoms with Crippen LogP contribution in [-0.2, 0) is 11.3 Å². The van der Waals surface area contributed by atoms with Gasteiger partial charge in [-0.3, -0.25) is 9.69 Å². The molecule has 0 bridgehead atoms. The lowest BCUT2D eigenvalue weighted by atomic mass is 10.0. The van der Waals surface area contributed by atoms with Gasteiger partial charge in [0.25, 0.3) is 5.91 Å².